The molecule has 0 unspecified atom stereocenters. The van der Waals surface area contributed by atoms with E-state index < -0.39 is 0 Å². The van der Waals surface area contributed by atoms with Crippen LogP contribution in [-0.4, -0.2) is 45.0 Å². The number of para-hydroxylation sites is 1. The van der Waals surface area contributed by atoms with Crippen LogP contribution in [0.1, 0.15) is 11.1 Å². The van der Waals surface area contributed by atoms with Gasteiger partial charge in [0.1, 0.15) is 17.3 Å². The van der Waals surface area contributed by atoms with E-state index in [9.17, 15) is 10.2 Å². The Kier molecular flexibility index (Phi) is 9.02. The molecule has 8 nitrogen and oxygen atoms in total. The van der Waals surface area contributed by atoms with E-state index in [-0.39, 0.29) is 11.5 Å². The van der Waals surface area contributed by atoms with Gasteiger partial charge < -0.3 is 31.5 Å². The maximum Gasteiger partial charge on any atom is 0.229 e. The summed E-state index contributed by atoms with van der Waals surface area (Å²) >= 11 is 11.5. The SMILES string of the molecule is Oc1ccc(Nc2nc(Nc3ccc(O)c(CNCCCl)c3)c3ccccc3n2)cc1CNCCCl. The van der Waals surface area contributed by atoms with Crippen molar-refractivity contribution in [3.63, 3.8) is 0 Å². The minimum Gasteiger partial charge on any atom is -0.508 e. The van der Waals surface area contributed by atoms with Gasteiger partial charge in [0.15, 0.2) is 0 Å². The van der Waals surface area contributed by atoms with Gasteiger partial charge in [-0.1, -0.05) is 12.1 Å². The molecule has 1 heterocycles. The van der Waals surface area contributed by atoms with Crippen LogP contribution in [0.25, 0.3) is 10.9 Å². The van der Waals surface area contributed by atoms with Gasteiger partial charge in [0.25, 0.3) is 0 Å². The number of benzene rings is 3. The number of rotatable bonds is 12. The Labute approximate surface area is 219 Å². The third kappa shape index (κ3) is 6.67. The molecule has 36 heavy (non-hydrogen) atoms. The van der Waals surface area contributed by atoms with Crippen LogP contribution in [0, 0.1) is 0 Å². The smallest absolute Gasteiger partial charge is 0.229 e. The number of nitrogens with zero attached hydrogens (tertiary/aromatic N) is 2. The summed E-state index contributed by atoms with van der Waals surface area (Å²) in [7, 11) is 0. The molecule has 188 valence electrons. The van der Waals surface area contributed by atoms with Crippen molar-refractivity contribution in [2.75, 3.05) is 35.5 Å². The molecule has 0 aliphatic carbocycles. The second-order valence-electron chi connectivity index (χ2n) is 8.08. The summed E-state index contributed by atoms with van der Waals surface area (Å²) in [5.41, 5.74) is 3.78. The maximum atomic E-state index is 10.2. The average molecular weight is 527 g/mol. The normalized spacial score (nSPS) is 11.1. The van der Waals surface area contributed by atoms with Gasteiger partial charge >= 0.3 is 0 Å². The largest absolute Gasteiger partial charge is 0.508 e. The average Bonchev–Trinajstić information content (AvgIpc) is 2.88. The number of aromatic hydroxyl groups is 2. The van der Waals surface area contributed by atoms with Gasteiger partial charge in [0.05, 0.1) is 5.52 Å². The van der Waals surface area contributed by atoms with E-state index in [1.165, 1.54) is 0 Å². The van der Waals surface area contributed by atoms with E-state index in [0.29, 0.717) is 49.7 Å². The standard InChI is InChI=1S/C26H28Cl2N6O2/c27-9-11-29-15-17-13-19(5-7-23(17)35)31-25-21-3-1-2-4-22(21)33-26(34-25)32-20-6-8-24(36)18(14-20)16-30-12-10-28/h1-8,13-14,29-30,35-36H,9-12,15-16H2,(H2,31,32,33,34). The quantitative estimate of drug-likeness (QED) is 0.0849. The van der Waals surface area contributed by atoms with Crippen LogP contribution >= 0.6 is 23.2 Å². The second kappa shape index (κ2) is 12.6. The van der Waals surface area contributed by atoms with Gasteiger partial charge in [-0.2, -0.15) is 4.98 Å². The minimum absolute atomic E-state index is 0.202. The Morgan fingerprint density at radius 1 is 0.694 bits per heavy atom. The van der Waals surface area contributed by atoms with Crippen LogP contribution < -0.4 is 21.3 Å². The number of alkyl halides is 2. The predicted molar refractivity (Wildman–Crippen MR) is 147 cm³/mol. The number of aromatic nitrogens is 2. The van der Waals surface area contributed by atoms with E-state index in [1.807, 2.05) is 36.4 Å². The monoisotopic (exact) mass is 526 g/mol. The topological polar surface area (TPSA) is 114 Å². The van der Waals surface area contributed by atoms with Crippen molar-refractivity contribution in [2.45, 2.75) is 13.1 Å². The summed E-state index contributed by atoms with van der Waals surface area (Å²) < 4.78 is 0. The molecule has 0 bridgehead atoms. The maximum absolute atomic E-state index is 10.2. The zero-order valence-electron chi connectivity index (χ0n) is 19.6. The number of anilines is 4. The summed E-state index contributed by atoms with van der Waals surface area (Å²) in [4.78, 5) is 9.38. The van der Waals surface area contributed by atoms with Gasteiger partial charge in [-0.25, -0.2) is 4.98 Å². The molecule has 0 saturated heterocycles. The Bertz CT molecular complexity index is 1320. The summed E-state index contributed by atoms with van der Waals surface area (Å²) in [6, 6.07) is 18.3. The molecule has 4 rings (SSSR count). The lowest BCUT2D eigenvalue weighted by Gasteiger charge is -2.14. The fraction of sp³-hybridized carbons (Fsp3) is 0.231. The number of nitrogens with one attached hydrogen (secondary N) is 4. The Morgan fingerprint density at radius 3 is 1.89 bits per heavy atom. The fourth-order valence-corrected chi connectivity index (χ4v) is 3.95. The fourth-order valence-electron chi connectivity index (χ4n) is 3.68. The van der Waals surface area contributed by atoms with Crippen molar-refractivity contribution in [2.24, 2.45) is 0 Å². The molecule has 0 aliphatic rings. The number of fused-ring (bicyclic) bond motifs is 1. The van der Waals surface area contributed by atoms with Crippen LogP contribution in [0.15, 0.2) is 60.7 Å². The molecule has 0 atom stereocenters. The molecule has 0 spiro atoms. The van der Waals surface area contributed by atoms with Crippen molar-refractivity contribution in [1.29, 1.82) is 0 Å². The van der Waals surface area contributed by atoms with Gasteiger partial charge in [0, 0.05) is 65.8 Å². The van der Waals surface area contributed by atoms with Crippen molar-refractivity contribution in [1.82, 2.24) is 20.6 Å². The first-order valence-corrected chi connectivity index (χ1v) is 12.6. The van der Waals surface area contributed by atoms with Crippen LogP contribution in [0.3, 0.4) is 0 Å². The third-order valence-corrected chi connectivity index (χ3v) is 5.83. The highest BCUT2D eigenvalue weighted by atomic mass is 35.5. The first kappa shape index (κ1) is 25.8. The Hall–Kier alpha value is -3.30. The summed E-state index contributed by atoms with van der Waals surface area (Å²) in [6.45, 7) is 2.27. The number of hydrogen-bond donors (Lipinski definition) is 6. The molecule has 0 fully saturated rings. The molecule has 1 aromatic heterocycles. The van der Waals surface area contributed by atoms with Gasteiger partial charge in [-0.15, -0.1) is 23.2 Å². The molecule has 6 N–H and O–H groups in total. The molecular formula is C26H28Cl2N6O2. The molecule has 0 saturated carbocycles. The number of hydrogen-bond acceptors (Lipinski definition) is 8. The van der Waals surface area contributed by atoms with Crippen LogP contribution in [0.4, 0.5) is 23.1 Å². The number of phenolic OH excluding ortho intramolecular Hbond substituents is 2. The highest BCUT2D eigenvalue weighted by Gasteiger charge is 2.11. The van der Waals surface area contributed by atoms with Crippen molar-refractivity contribution in [3.8, 4) is 11.5 Å². The Morgan fingerprint density at radius 2 is 1.28 bits per heavy atom. The molecule has 3 aromatic carbocycles. The summed E-state index contributed by atoms with van der Waals surface area (Å²) in [5.74, 6) is 2.43. The summed E-state index contributed by atoms with van der Waals surface area (Å²) in [6.07, 6.45) is 0. The number of halogens is 2. The third-order valence-electron chi connectivity index (χ3n) is 5.45. The predicted octanol–water partition coefficient (Wildman–Crippen LogP) is 5.19. The highest BCUT2D eigenvalue weighted by molar-refractivity contribution is 6.18. The number of phenols is 2. The van der Waals surface area contributed by atoms with E-state index in [2.05, 4.69) is 26.3 Å². The zero-order valence-corrected chi connectivity index (χ0v) is 21.1. The van der Waals surface area contributed by atoms with Gasteiger partial charge in [-0.05, 0) is 48.5 Å². The van der Waals surface area contributed by atoms with Crippen LogP contribution in [0.2, 0.25) is 0 Å². The molecular weight excluding hydrogens is 499 g/mol. The Balaban J connectivity index is 1.61. The zero-order chi connectivity index (χ0) is 25.3. The van der Waals surface area contributed by atoms with E-state index >= 15 is 0 Å². The minimum atomic E-state index is 0.202. The second-order valence-corrected chi connectivity index (χ2v) is 8.84. The first-order chi connectivity index (χ1) is 17.6. The van der Waals surface area contributed by atoms with Crippen molar-refractivity contribution < 1.29 is 10.2 Å². The van der Waals surface area contributed by atoms with E-state index in [0.717, 1.165) is 33.4 Å². The lowest BCUT2D eigenvalue weighted by molar-refractivity contribution is 0.465. The lowest BCUT2D eigenvalue weighted by Crippen LogP contribution is -2.15. The molecule has 0 aliphatic heterocycles. The van der Waals surface area contributed by atoms with Gasteiger partial charge in [-0.3, -0.25) is 0 Å². The van der Waals surface area contributed by atoms with Crippen molar-refractivity contribution in [3.05, 3.63) is 71.8 Å². The molecule has 10 heteroatoms. The highest BCUT2D eigenvalue weighted by Crippen LogP contribution is 2.29. The first-order valence-electron chi connectivity index (χ1n) is 11.6. The molecule has 0 radical (unpaired) electrons. The van der Waals surface area contributed by atoms with Crippen LogP contribution in [0.5, 0.6) is 11.5 Å². The molecule has 0 amide bonds. The van der Waals surface area contributed by atoms with E-state index in [4.69, 9.17) is 28.2 Å². The van der Waals surface area contributed by atoms with Crippen LogP contribution in [-0.2, 0) is 13.1 Å². The van der Waals surface area contributed by atoms with Gasteiger partial charge in [0.2, 0.25) is 5.95 Å². The molecule has 4 aromatic rings. The lowest BCUT2D eigenvalue weighted by atomic mass is 10.1. The van der Waals surface area contributed by atoms with E-state index in [1.54, 1.807) is 24.3 Å². The summed E-state index contributed by atoms with van der Waals surface area (Å²) in [5, 5.41) is 34.3. The van der Waals surface area contributed by atoms with Crippen molar-refractivity contribution >= 4 is 57.2 Å².